The van der Waals surface area contributed by atoms with Gasteiger partial charge in [0.25, 0.3) is 5.91 Å². The van der Waals surface area contributed by atoms with E-state index >= 15 is 0 Å². The minimum Gasteiger partial charge on any atom is -0.507 e. The lowest BCUT2D eigenvalue weighted by atomic mass is 10.1. The first kappa shape index (κ1) is 14.9. The van der Waals surface area contributed by atoms with Gasteiger partial charge in [-0.2, -0.15) is 0 Å². The molecule has 0 saturated heterocycles. The number of para-hydroxylation sites is 1. The Balaban J connectivity index is 2.35. The van der Waals surface area contributed by atoms with Gasteiger partial charge in [0.1, 0.15) is 11.5 Å². The van der Waals surface area contributed by atoms with Crippen LogP contribution in [0, 0.1) is 0 Å². The zero-order chi connectivity index (χ0) is 15.4. The first-order valence-electron chi connectivity index (χ1n) is 6.51. The fourth-order valence-electron chi connectivity index (χ4n) is 2.12. The van der Waals surface area contributed by atoms with Crippen molar-refractivity contribution in [2.75, 3.05) is 19.1 Å². The molecule has 110 valence electrons. The molecule has 0 aliphatic carbocycles. The van der Waals surface area contributed by atoms with Gasteiger partial charge in [-0.1, -0.05) is 18.2 Å². The molecule has 0 saturated carbocycles. The summed E-state index contributed by atoms with van der Waals surface area (Å²) in [6, 6.07) is 12.0. The summed E-state index contributed by atoms with van der Waals surface area (Å²) >= 11 is 0. The third-order valence-electron chi connectivity index (χ3n) is 3.31. The van der Waals surface area contributed by atoms with Gasteiger partial charge >= 0.3 is 0 Å². The third-order valence-corrected chi connectivity index (χ3v) is 3.31. The van der Waals surface area contributed by atoms with Crippen molar-refractivity contribution >= 4 is 11.6 Å². The Morgan fingerprint density at radius 2 is 2.00 bits per heavy atom. The number of rotatable bonds is 4. The highest BCUT2D eigenvalue weighted by atomic mass is 16.5. The maximum absolute atomic E-state index is 12.5. The van der Waals surface area contributed by atoms with Crippen LogP contribution >= 0.6 is 0 Å². The van der Waals surface area contributed by atoms with E-state index in [0.29, 0.717) is 12.3 Å². The molecule has 0 atom stereocenters. The van der Waals surface area contributed by atoms with Crippen LogP contribution in [0.4, 0.5) is 5.69 Å². The highest BCUT2D eigenvalue weighted by Crippen LogP contribution is 2.27. The molecular formula is C16H18N2O3. The summed E-state index contributed by atoms with van der Waals surface area (Å²) in [5.74, 6) is 0.0709. The molecule has 0 fully saturated rings. The lowest BCUT2D eigenvalue weighted by molar-refractivity contribution is 0.0990. The van der Waals surface area contributed by atoms with E-state index < -0.39 is 0 Å². The number of amides is 1. The van der Waals surface area contributed by atoms with Gasteiger partial charge in [-0.25, -0.2) is 0 Å². The molecule has 3 N–H and O–H groups in total. The van der Waals surface area contributed by atoms with Gasteiger partial charge in [-0.05, 0) is 23.8 Å². The second-order valence-electron chi connectivity index (χ2n) is 4.58. The number of nitrogens with two attached hydrogens (primary N) is 1. The number of benzene rings is 2. The number of anilines is 1. The Bertz CT molecular complexity index is 656. The van der Waals surface area contributed by atoms with E-state index in [-0.39, 0.29) is 17.2 Å². The Kier molecular flexibility index (Phi) is 4.45. The first-order valence-corrected chi connectivity index (χ1v) is 6.51. The van der Waals surface area contributed by atoms with E-state index in [1.807, 2.05) is 24.3 Å². The topological polar surface area (TPSA) is 75.8 Å². The lowest BCUT2D eigenvalue weighted by Crippen LogP contribution is -2.27. The van der Waals surface area contributed by atoms with E-state index in [0.717, 1.165) is 11.3 Å². The molecule has 0 aliphatic heterocycles. The smallest absolute Gasteiger partial charge is 0.261 e. The molecular weight excluding hydrogens is 268 g/mol. The van der Waals surface area contributed by atoms with Crippen LogP contribution in [0.15, 0.2) is 42.5 Å². The fraction of sp³-hybridized carbons (Fsp3) is 0.188. The standard InChI is InChI=1S/C16H18N2O3/c1-18(14-6-4-3-5-11(14)10-17)16(20)13-8-7-12(21-2)9-15(13)19/h3-9,19H,10,17H2,1-2H3. The molecule has 0 aliphatic rings. The van der Waals surface area contributed by atoms with E-state index in [1.165, 1.54) is 24.1 Å². The predicted octanol–water partition coefficient (Wildman–Crippen LogP) is 2.14. The molecule has 0 unspecified atom stereocenters. The summed E-state index contributed by atoms with van der Waals surface area (Å²) in [6.45, 7) is 0.336. The number of methoxy groups -OCH3 is 1. The maximum Gasteiger partial charge on any atom is 0.261 e. The average molecular weight is 286 g/mol. The molecule has 2 aromatic carbocycles. The van der Waals surface area contributed by atoms with Crippen molar-refractivity contribution in [2.24, 2.45) is 5.73 Å². The highest BCUT2D eigenvalue weighted by Gasteiger charge is 2.19. The summed E-state index contributed by atoms with van der Waals surface area (Å²) in [5.41, 5.74) is 7.49. The number of phenolic OH excluding ortho intramolecular Hbond substituents is 1. The Morgan fingerprint density at radius 3 is 2.62 bits per heavy atom. The number of carbonyl (C=O) groups excluding carboxylic acids is 1. The highest BCUT2D eigenvalue weighted by molar-refractivity contribution is 6.07. The quantitative estimate of drug-likeness (QED) is 0.903. The summed E-state index contributed by atoms with van der Waals surface area (Å²) < 4.78 is 5.01. The second-order valence-corrected chi connectivity index (χ2v) is 4.58. The predicted molar refractivity (Wildman–Crippen MR) is 81.7 cm³/mol. The van der Waals surface area contributed by atoms with Crippen LogP contribution in [0.25, 0.3) is 0 Å². The van der Waals surface area contributed by atoms with Crippen LogP contribution in [0.2, 0.25) is 0 Å². The number of nitrogens with zero attached hydrogens (tertiary/aromatic N) is 1. The SMILES string of the molecule is COc1ccc(C(=O)N(C)c2ccccc2CN)c(O)c1. The molecule has 0 bridgehead atoms. The first-order chi connectivity index (χ1) is 10.1. The summed E-state index contributed by atoms with van der Waals surface area (Å²) in [4.78, 5) is 14.0. The van der Waals surface area contributed by atoms with Crippen LogP contribution in [-0.4, -0.2) is 25.2 Å². The average Bonchev–Trinajstić information content (AvgIpc) is 2.53. The number of phenols is 1. The molecule has 2 aromatic rings. The molecule has 0 radical (unpaired) electrons. The normalized spacial score (nSPS) is 10.2. The molecule has 21 heavy (non-hydrogen) atoms. The Morgan fingerprint density at radius 1 is 1.29 bits per heavy atom. The number of carbonyl (C=O) groups is 1. The second kappa shape index (κ2) is 6.28. The van der Waals surface area contributed by atoms with Crippen molar-refractivity contribution in [1.29, 1.82) is 0 Å². The molecule has 1 amide bonds. The van der Waals surface area contributed by atoms with Crippen LogP contribution in [0.3, 0.4) is 0 Å². The van der Waals surface area contributed by atoms with E-state index in [2.05, 4.69) is 0 Å². The van der Waals surface area contributed by atoms with Crippen LogP contribution < -0.4 is 15.4 Å². The fourth-order valence-corrected chi connectivity index (χ4v) is 2.12. The van der Waals surface area contributed by atoms with Gasteiger partial charge in [-0.15, -0.1) is 0 Å². The molecule has 0 heterocycles. The summed E-state index contributed by atoms with van der Waals surface area (Å²) in [7, 11) is 3.15. The molecule has 5 heteroatoms. The van der Waals surface area contributed by atoms with Crippen molar-refractivity contribution in [3.05, 3.63) is 53.6 Å². The van der Waals surface area contributed by atoms with E-state index in [1.54, 1.807) is 13.1 Å². The Hall–Kier alpha value is -2.53. The van der Waals surface area contributed by atoms with Crippen molar-refractivity contribution in [1.82, 2.24) is 0 Å². The monoisotopic (exact) mass is 286 g/mol. The molecule has 2 rings (SSSR count). The zero-order valence-corrected chi connectivity index (χ0v) is 12.0. The van der Waals surface area contributed by atoms with Crippen LogP contribution in [0.1, 0.15) is 15.9 Å². The summed E-state index contributed by atoms with van der Waals surface area (Å²) in [5, 5.41) is 9.96. The number of ether oxygens (including phenoxy) is 1. The van der Waals surface area contributed by atoms with Crippen molar-refractivity contribution in [3.8, 4) is 11.5 Å². The van der Waals surface area contributed by atoms with Crippen LogP contribution in [-0.2, 0) is 6.54 Å². The minimum atomic E-state index is -0.309. The van der Waals surface area contributed by atoms with Crippen molar-refractivity contribution in [3.63, 3.8) is 0 Å². The number of hydrogen-bond donors (Lipinski definition) is 2. The number of hydrogen-bond acceptors (Lipinski definition) is 4. The Labute approximate surface area is 123 Å². The van der Waals surface area contributed by atoms with Gasteiger partial charge < -0.3 is 20.5 Å². The van der Waals surface area contributed by atoms with Crippen molar-refractivity contribution in [2.45, 2.75) is 6.54 Å². The van der Waals surface area contributed by atoms with Gasteiger partial charge in [0.15, 0.2) is 0 Å². The van der Waals surface area contributed by atoms with Crippen LogP contribution in [0.5, 0.6) is 11.5 Å². The zero-order valence-electron chi connectivity index (χ0n) is 12.0. The molecule has 5 nitrogen and oxygen atoms in total. The van der Waals surface area contributed by atoms with Gasteiger partial charge in [-0.3, -0.25) is 4.79 Å². The number of aromatic hydroxyl groups is 1. The molecule has 0 aromatic heterocycles. The third kappa shape index (κ3) is 2.98. The minimum absolute atomic E-state index is 0.114. The van der Waals surface area contributed by atoms with E-state index in [9.17, 15) is 9.90 Å². The van der Waals surface area contributed by atoms with Gasteiger partial charge in [0.2, 0.25) is 0 Å². The largest absolute Gasteiger partial charge is 0.507 e. The van der Waals surface area contributed by atoms with Crippen molar-refractivity contribution < 1.29 is 14.6 Å². The maximum atomic E-state index is 12.5. The van der Waals surface area contributed by atoms with Gasteiger partial charge in [0.05, 0.1) is 12.7 Å². The molecule has 0 spiro atoms. The van der Waals surface area contributed by atoms with Gasteiger partial charge in [0, 0.05) is 25.3 Å². The lowest BCUT2D eigenvalue weighted by Gasteiger charge is -2.21. The summed E-state index contributed by atoms with van der Waals surface area (Å²) in [6.07, 6.45) is 0. The van der Waals surface area contributed by atoms with E-state index in [4.69, 9.17) is 10.5 Å².